The van der Waals surface area contributed by atoms with Crippen LogP contribution in [0.4, 0.5) is 0 Å². The summed E-state index contributed by atoms with van der Waals surface area (Å²) in [4.78, 5) is 0. The van der Waals surface area contributed by atoms with E-state index in [9.17, 15) is 5.11 Å². The molecule has 0 aliphatic carbocycles. The van der Waals surface area contributed by atoms with Crippen molar-refractivity contribution in [2.24, 2.45) is 0 Å². The molecule has 0 saturated carbocycles. The topological polar surface area (TPSA) is 20.2 Å². The molecule has 0 heterocycles. The predicted molar refractivity (Wildman–Crippen MR) is 63.5 cm³/mol. The molecule has 0 aliphatic heterocycles. The minimum atomic E-state index is 0.252. The zero-order valence-electron chi connectivity index (χ0n) is 8.54. The second-order valence-electron chi connectivity index (χ2n) is 3.57. The first-order chi connectivity index (χ1) is 6.77. The van der Waals surface area contributed by atoms with Gasteiger partial charge in [-0.15, -0.1) is 0 Å². The normalized spacial score (nSPS) is 12.8. The average molecular weight is 257 g/mol. The van der Waals surface area contributed by atoms with E-state index in [2.05, 4.69) is 35.0 Å². The fraction of sp³-hybridized carbons (Fsp3) is 0.500. The second-order valence-corrected chi connectivity index (χ2v) is 4.49. The first kappa shape index (κ1) is 11.7. The zero-order chi connectivity index (χ0) is 10.4. The van der Waals surface area contributed by atoms with Crippen molar-refractivity contribution in [1.29, 1.82) is 0 Å². The molecule has 78 valence electrons. The van der Waals surface area contributed by atoms with Gasteiger partial charge in [-0.25, -0.2) is 0 Å². The van der Waals surface area contributed by atoms with Gasteiger partial charge in [0, 0.05) is 17.0 Å². The Morgan fingerprint density at radius 1 is 1.29 bits per heavy atom. The summed E-state index contributed by atoms with van der Waals surface area (Å²) < 4.78 is 1.09. The standard InChI is InChI=1S/C12H17BrO/c1-2-3-4-11(9-14)10-5-7-12(13)8-6-10/h5-8,11,14H,2-4,9H2,1H3/t11-/m0/s1. The smallest absolute Gasteiger partial charge is 0.0499 e. The number of hydrogen-bond donors (Lipinski definition) is 1. The van der Waals surface area contributed by atoms with Crippen molar-refractivity contribution in [3.05, 3.63) is 34.3 Å². The third-order valence-electron chi connectivity index (χ3n) is 2.47. The van der Waals surface area contributed by atoms with Crippen LogP contribution in [-0.2, 0) is 0 Å². The van der Waals surface area contributed by atoms with E-state index in [4.69, 9.17) is 0 Å². The minimum Gasteiger partial charge on any atom is -0.396 e. The molecule has 2 heteroatoms. The van der Waals surface area contributed by atoms with Gasteiger partial charge in [0.05, 0.1) is 0 Å². The molecular weight excluding hydrogens is 240 g/mol. The molecule has 1 N–H and O–H groups in total. The van der Waals surface area contributed by atoms with E-state index in [0.717, 1.165) is 10.9 Å². The van der Waals surface area contributed by atoms with Crippen molar-refractivity contribution in [1.82, 2.24) is 0 Å². The summed E-state index contributed by atoms with van der Waals surface area (Å²) >= 11 is 3.41. The van der Waals surface area contributed by atoms with Gasteiger partial charge in [0.15, 0.2) is 0 Å². The van der Waals surface area contributed by atoms with Gasteiger partial charge >= 0.3 is 0 Å². The molecular formula is C12H17BrO. The van der Waals surface area contributed by atoms with E-state index in [1.54, 1.807) is 0 Å². The third kappa shape index (κ3) is 3.43. The molecule has 0 bridgehead atoms. The molecule has 1 nitrogen and oxygen atoms in total. The molecule has 0 unspecified atom stereocenters. The summed E-state index contributed by atoms with van der Waals surface area (Å²) in [7, 11) is 0. The van der Waals surface area contributed by atoms with Crippen LogP contribution in [0.25, 0.3) is 0 Å². The first-order valence-corrected chi connectivity index (χ1v) is 5.93. The molecule has 0 radical (unpaired) electrons. The highest BCUT2D eigenvalue weighted by Crippen LogP contribution is 2.23. The Balaban J connectivity index is 2.64. The zero-order valence-corrected chi connectivity index (χ0v) is 10.1. The molecule has 0 saturated heterocycles. The van der Waals surface area contributed by atoms with E-state index in [-0.39, 0.29) is 6.61 Å². The number of unbranched alkanes of at least 4 members (excludes halogenated alkanes) is 1. The van der Waals surface area contributed by atoms with Crippen molar-refractivity contribution in [2.45, 2.75) is 32.1 Å². The van der Waals surface area contributed by atoms with Crippen LogP contribution in [-0.4, -0.2) is 11.7 Å². The maximum absolute atomic E-state index is 9.26. The van der Waals surface area contributed by atoms with Crippen LogP contribution in [0.5, 0.6) is 0 Å². The van der Waals surface area contributed by atoms with Crippen molar-refractivity contribution in [2.75, 3.05) is 6.61 Å². The lowest BCUT2D eigenvalue weighted by Gasteiger charge is -2.13. The Kier molecular flexibility index (Phi) is 5.20. The van der Waals surface area contributed by atoms with Gasteiger partial charge in [-0.2, -0.15) is 0 Å². The van der Waals surface area contributed by atoms with Crippen LogP contribution in [0.3, 0.4) is 0 Å². The fourth-order valence-corrected chi connectivity index (χ4v) is 1.81. The van der Waals surface area contributed by atoms with E-state index in [1.807, 2.05) is 12.1 Å². The molecule has 0 aliphatic rings. The monoisotopic (exact) mass is 256 g/mol. The van der Waals surface area contributed by atoms with Crippen LogP contribution in [0.1, 0.15) is 37.7 Å². The summed E-state index contributed by atoms with van der Waals surface area (Å²) in [5.41, 5.74) is 1.24. The summed E-state index contributed by atoms with van der Waals surface area (Å²) in [6.07, 6.45) is 3.45. The van der Waals surface area contributed by atoms with E-state index < -0.39 is 0 Å². The van der Waals surface area contributed by atoms with Gasteiger partial charge in [0.1, 0.15) is 0 Å². The predicted octanol–water partition coefficient (Wildman–Crippen LogP) is 3.72. The first-order valence-electron chi connectivity index (χ1n) is 5.14. The molecule has 1 aromatic carbocycles. The molecule has 0 spiro atoms. The van der Waals surface area contributed by atoms with Crippen molar-refractivity contribution in [3.8, 4) is 0 Å². The van der Waals surface area contributed by atoms with Crippen LogP contribution < -0.4 is 0 Å². The van der Waals surface area contributed by atoms with Crippen LogP contribution in [0.15, 0.2) is 28.7 Å². The Morgan fingerprint density at radius 2 is 1.93 bits per heavy atom. The van der Waals surface area contributed by atoms with E-state index in [1.165, 1.54) is 18.4 Å². The Hall–Kier alpha value is -0.340. The highest BCUT2D eigenvalue weighted by molar-refractivity contribution is 9.10. The molecule has 14 heavy (non-hydrogen) atoms. The number of halogens is 1. The van der Waals surface area contributed by atoms with Gasteiger partial charge in [0.2, 0.25) is 0 Å². The maximum atomic E-state index is 9.26. The molecule has 0 aromatic heterocycles. The Labute approximate surface area is 94.3 Å². The Morgan fingerprint density at radius 3 is 2.43 bits per heavy atom. The Bertz CT molecular complexity index is 256. The van der Waals surface area contributed by atoms with Gasteiger partial charge in [-0.1, -0.05) is 47.8 Å². The molecule has 1 rings (SSSR count). The summed E-state index contributed by atoms with van der Waals surface area (Å²) in [6.45, 7) is 2.43. The third-order valence-corrected chi connectivity index (χ3v) is 3.00. The highest BCUT2D eigenvalue weighted by atomic mass is 79.9. The fourth-order valence-electron chi connectivity index (χ4n) is 1.55. The molecule has 0 amide bonds. The maximum Gasteiger partial charge on any atom is 0.0499 e. The lowest BCUT2D eigenvalue weighted by Crippen LogP contribution is -2.03. The number of aliphatic hydroxyl groups excluding tert-OH is 1. The summed E-state index contributed by atoms with van der Waals surface area (Å²) in [6, 6.07) is 8.23. The van der Waals surface area contributed by atoms with Crippen molar-refractivity contribution >= 4 is 15.9 Å². The second kappa shape index (κ2) is 6.20. The van der Waals surface area contributed by atoms with Gasteiger partial charge < -0.3 is 5.11 Å². The lowest BCUT2D eigenvalue weighted by atomic mass is 9.95. The lowest BCUT2D eigenvalue weighted by molar-refractivity contribution is 0.257. The molecule has 1 aromatic rings. The summed E-state index contributed by atoms with van der Waals surface area (Å²) in [5.74, 6) is 0.308. The van der Waals surface area contributed by atoms with Gasteiger partial charge in [0.25, 0.3) is 0 Å². The number of benzene rings is 1. The number of aliphatic hydroxyl groups is 1. The quantitative estimate of drug-likeness (QED) is 0.852. The van der Waals surface area contributed by atoms with Crippen LogP contribution >= 0.6 is 15.9 Å². The van der Waals surface area contributed by atoms with Crippen molar-refractivity contribution < 1.29 is 5.11 Å². The largest absolute Gasteiger partial charge is 0.396 e. The highest BCUT2D eigenvalue weighted by Gasteiger charge is 2.08. The van der Waals surface area contributed by atoms with E-state index in [0.29, 0.717) is 5.92 Å². The number of hydrogen-bond acceptors (Lipinski definition) is 1. The van der Waals surface area contributed by atoms with Crippen molar-refractivity contribution in [3.63, 3.8) is 0 Å². The molecule has 1 atom stereocenters. The van der Waals surface area contributed by atoms with Crippen LogP contribution in [0, 0.1) is 0 Å². The van der Waals surface area contributed by atoms with E-state index >= 15 is 0 Å². The van der Waals surface area contributed by atoms with Crippen LogP contribution in [0.2, 0.25) is 0 Å². The number of rotatable bonds is 5. The van der Waals surface area contributed by atoms with Gasteiger partial charge in [-0.3, -0.25) is 0 Å². The SMILES string of the molecule is CCCC[C@@H](CO)c1ccc(Br)cc1. The molecule has 0 fully saturated rings. The average Bonchev–Trinajstić information content (AvgIpc) is 2.21. The summed E-state index contributed by atoms with van der Waals surface area (Å²) in [5, 5.41) is 9.26. The van der Waals surface area contributed by atoms with Gasteiger partial charge in [-0.05, 0) is 24.1 Å². The minimum absolute atomic E-state index is 0.252.